The van der Waals surface area contributed by atoms with E-state index in [9.17, 15) is 19.5 Å². The molecule has 8 nitrogen and oxygen atoms in total. The van der Waals surface area contributed by atoms with Gasteiger partial charge < -0.3 is 25.2 Å². The Balaban J connectivity index is 2.05. The largest absolute Gasteiger partial charge is 0.480 e. The van der Waals surface area contributed by atoms with Gasteiger partial charge in [0.25, 0.3) is 0 Å². The smallest absolute Gasteiger partial charge is 0.408 e. The lowest BCUT2D eigenvalue weighted by Crippen LogP contribution is -2.57. The number of benzene rings is 1. The molecule has 33 heavy (non-hydrogen) atoms. The molecule has 0 unspecified atom stereocenters. The van der Waals surface area contributed by atoms with Gasteiger partial charge in [0.15, 0.2) is 0 Å². The summed E-state index contributed by atoms with van der Waals surface area (Å²) in [6, 6.07) is 7.06. The second-order valence-electron chi connectivity index (χ2n) is 9.76. The first-order chi connectivity index (χ1) is 15.5. The van der Waals surface area contributed by atoms with Crippen molar-refractivity contribution in [3.8, 4) is 0 Å². The molecule has 0 heterocycles. The van der Waals surface area contributed by atoms with E-state index in [1.54, 1.807) is 6.92 Å². The molecule has 1 aromatic rings. The monoisotopic (exact) mass is 462 g/mol. The number of aliphatic carboxylic acids is 1. The highest BCUT2D eigenvalue weighted by molar-refractivity contribution is 5.89. The molecular weight excluding hydrogens is 424 g/mol. The van der Waals surface area contributed by atoms with Gasteiger partial charge in [0, 0.05) is 0 Å². The van der Waals surface area contributed by atoms with Crippen molar-refractivity contribution in [2.45, 2.75) is 96.6 Å². The third-order valence-corrected chi connectivity index (χ3v) is 5.69. The molecule has 2 amide bonds. The Labute approximate surface area is 196 Å². The number of carboxylic acids is 1. The molecule has 1 fully saturated rings. The molecule has 184 valence electrons. The summed E-state index contributed by atoms with van der Waals surface area (Å²) in [7, 11) is 0. The predicted molar refractivity (Wildman–Crippen MR) is 125 cm³/mol. The lowest BCUT2D eigenvalue weighted by molar-refractivity contribution is -0.144. The summed E-state index contributed by atoms with van der Waals surface area (Å²) in [4.78, 5) is 37.4. The summed E-state index contributed by atoms with van der Waals surface area (Å²) < 4.78 is 11.2. The maximum absolute atomic E-state index is 13.1. The van der Waals surface area contributed by atoms with Crippen LogP contribution in [0.2, 0.25) is 0 Å². The van der Waals surface area contributed by atoms with Crippen LogP contribution in [0.5, 0.6) is 0 Å². The molecule has 2 rings (SSSR count). The summed E-state index contributed by atoms with van der Waals surface area (Å²) in [6.07, 6.45) is 4.16. The van der Waals surface area contributed by atoms with E-state index < -0.39 is 41.8 Å². The van der Waals surface area contributed by atoms with Crippen LogP contribution in [0.1, 0.15) is 71.8 Å². The summed E-state index contributed by atoms with van der Waals surface area (Å²) >= 11 is 0. The van der Waals surface area contributed by atoms with E-state index in [0.717, 1.165) is 31.2 Å². The van der Waals surface area contributed by atoms with E-state index in [1.807, 2.05) is 51.1 Å². The zero-order chi connectivity index (χ0) is 24.4. The van der Waals surface area contributed by atoms with Gasteiger partial charge in [-0.1, -0.05) is 62.4 Å². The van der Waals surface area contributed by atoms with Gasteiger partial charge in [-0.2, -0.15) is 0 Å². The number of hydrogen-bond donors (Lipinski definition) is 3. The lowest BCUT2D eigenvalue weighted by Gasteiger charge is -2.31. The number of ether oxygens (including phenoxy) is 2. The van der Waals surface area contributed by atoms with Gasteiger partial charge in [0.2, 0.25) is 5.91 Å². The van der Waals surface area contributed by atoms with Gasteiger partial charge in [0.1, 0.15) is 18.7 Å². The molecule has 0 aliphatic heterocycles. The molecule has 3 N–H and O–H groups in total. The number of hydrogen-bond acceptors (Lipinski definition) is 5. The van der Waals surface area contributed by atoms with Crippen molar-refractivity contribution in [1.29, 1.82) is 0 Å². The fraction of sp³-hybridized carbons (Fsp3) is 0.640. The molecular formula is C25H38N2O6. The number of carbonyl (C=O) groups excluding carboxylic acids is 2. The highest BCUT2D eigenvalue weighted by Gasteiger charge is 2.34. The number of carbonyl (C=O) groups is 3. The van der Waals surface area contributed by atoms with Crippen LogP contribution in [-0.2, 0) is 25.7 Å². The van der Waals surface area contributed by atoms with Crippen LogP contribution in [0.15, 0.2) is 30.3 Å². The Kier molecular flexibility index (Phi) is 10.2. The van der Waals surface area contributed by atoms with Crippen LogP contribution >= 0.6 is 0 Å². The quantitative estimate of drug-likeness (QED) is 0.484. The van der Waals surface area contributed by atoms with Gasteiger partial charge in [-0.15, -0.1) is 0 Å². The summed E-state index contributed by atoms with van der Waals surface area (Å²) in [5.74, 6) is -1.42. The second kappa shape index (κ2) is 12.6. The van der Waals surface area contributed by atoms with Crippen molar-refractivity contribution in [1.82, 2.24) is 10.6 Å². The number of nitrogens with one attached hydrogen (secondary N) is 2. The Bertz CT molecular complexity index is 771. The maximum Gasteiger partial charge on any atom is 0.408 e. The first-order valence-corrected chi connectivity index (χ1v) is 11.7. The van der Waals surface area contributed by atoms with E-state index in [0.29, 0.717) is 6.42 Å². The fourth-order valence-corrected chi connectivity index (χ4v) is 4.15. The van der Waals surface area contributed by atoms with Gasteiger partial charge in [0.05, 0.1) is 11.7 Å². The standard InChI is InChI=1S/C25H38N2O6/c1-17(33-25(2,3)4)21(27-24(31)32-16-19-13-9-6-10-14-19)22(28)26-20(23(29)30)15-18-11-7-5-8-12-18/h6,9-10,13-14,17-18,20-21H,5,7-8,11-12,15-16H2,1-4H3,(H,26,28)(H,27,31)(H,29,30)/t17-,20+,21+/m1/s1. The minimum Gasteiger partial charge on any atom is -0.480 e. The molecule has 1 aromatic carbocycles. The zero-order valence-electron chi connectivity index (χ0n) is 20.1. The van der Waals surface area contributed by atoms with Crippen molar-refractivity contribution in [3.05, 3.63) is 35.9 Å². The molecule has 3 atom stereocenters. The molecule has 1 aliphatic rings. The van der Waals surface area contributed by atoms with Crippen molar-refractivity contribution >= 4 is 18.0 Å². The SMILES string of the molecule is C[C@@H](OC(C)(C)C)[C@H](NC(=O)OCc1ccccc1)C(=O)N[C@@H](CC1CCCCC1)C(=O)O. The minimum absolute atomic E-state index is 0.0505. The van der Waals surface area contributed by atoms with Gasteiger partial charge in [-0.05, 0) is 45.6 Å². The molecule has 0 spiro atoms. The van der Waals surface area contributed by atoms with Crippen LogP contribution in [-0.4, -0.2) is 46.9 Å². The first kappa shape index (κ1) is 26.6. The van der Waals surface area contributed by atoms with Crippen LogP contribution < -0.4 is 10.6 Å². The average molecular weight is 463 g/mol. The molecule has 0 radical (unpaired) electrons. The zero-order valence-corrected chi connectivity index (χ0v) is 20.1. The molecule has 0 saturated heterocycles. The third-order valence-electron chi connectivity index (χ3n) is 5.69. The van der Waals surface area contributed by atoms with Crippen LogP contribution in [0.25, 0.3) is 0 Å². The summed E-state index contributed by atoms with van der Waals surface area (Å²) in [6.45, 7) is 7.25. The molecule has 1 aliphatic carbocycles. The summed E-state index contributed by atoms with van der Waals surface area (Å²) in [5.41, 5.74) is 0.244. The lowest BCUT2D eigenvalue weighted by atomic mass is 9.84. The predicted octanol–water partition coefficient (Wildman–Crippen LogP) is 4.02. The van der Waals surface area contributed by atoms with Crippen molar-refractivity contribution < 1.29 is 29.0 Å². The van der Waals surface area contributed by atoms with Crippen LogP contribution in [0, 0.1) is 5.92 Å². The summed E-state index contributed by atoms with van der Waals surface area (Å²) in [5, 5.41) is 14.9. The average Bonchev–Trinajstić information content (AvgIpc) is 2.75. The topological polar surface area (TPSA) is 114 Å². The fourth-order valence-electron chi connectivity index (χ4n) is 4.15. The van der Waals surface area contributed by atoms with Crippen LogP contribution in [0.3, 0.4) is 0 Å². The number of alkyl carbamates (subject to hydrolysis) is 1. The van der Waals surface area contributed by atoms with Crippen molar-refractivity contribution in [3.63, 3.8) is 0 Å². The van der Waals surface area contributed by atoms with Crippen LogP contribution in [0.4, 0.5) is 4.79 Å². The van der Waals surface area contributed by atoms with Crippen molar-refractivity contribution in [2.24, 2.45) is 5.92 Å². The molecule has 8 heteroatoms. The third kappa shape index (κ3) is 9.82. The maximum atomic E-state index is 13.1. The highest BCUT2D eigenvalue weighted by atomic mass is 16.6. The Morgan fingerprint density at radius 1 is 1.06 bits per heavy atom. The normalized spacial score (nSPS) is 17.5. The van der Waals surface area contributed by atoms with E-state index in [-0.39, 0.29) is 12.5 Å². The Morgan fingerprint density at radius 2 is 1.70 bits per heavy atom. The van der Waals surface area contributed by atoms with Gasteiger partial charge in [-0.3, -0.25) is 4.79 Å². The van der Waals surface area contributed by atoms with E-state index in [1.165, 1.54) is 6.42 Å². The molecule has 0 bridgehead atoms. The second-order valence-corrected chi connectivity index (χ2v) is 9.76. The number of rotatable bonds is 10. The number of carboxylic acid groups (broad SMARTS) is 1. The Morgan fingerprint density at radius 3 is 2.27 bits per heavy atom. The van der Waals surface area contributed by atoms with Crippen molar-refractivity contribution in [2.75, 3.05) is 0 Å². The Hall–Kier alpha value is -2.61. The van der Waals surface area contributed by atoms with E-state index >= 15 is 0 Å². The van der Waals surface area contributed by atoms with Gasteiger partial charge in [-0.25, -0.2) is 9.59 Å². The van der Waals surface area contributed by atoms with E-state index in [2.05, 4.69) is 10.6 Å². The van der Waals surface area contributed by atoms with E-state index in [4.69, 9.17) is 9.47 Å². The number of amides is 2. The highest BCUT2D eigenvalue weighted by Crippen LogP contribution is 2.27. The molecule has 0 aromatic heterocycles. The minimum atomic E-state index is -1.11. The molecule has 1 saturated carbocycles. The first-order valence-electron chi connectivity index (χ1n) is 11.7. The van der Waals surface area contributed by atoms with Gasteiger partial charge >= 0.3 is 12.1 Å².